The van der Waals surface area contributed by atoms with E-state index in [1.165, 1.54) is 29.5 Å². The Kier molecular flexibility index (Phi) is 3.57. The Bertz CT molecular complexity index is 624. The molecule has 1 unspecified atom stereocenters. The molecule has 1 aliphatic heterocycles. The maximum Gasteiger partial charge on any atom is 0.150 e. The molecular weight excluding hydrogens is 278 g/mol. The minimum atomic E-state index is -0.643. The van der Waals surface area contributed by atoms with E-state index in [9.17, 15) is 13.6 Å². The lowest BCUT2D eigenvalue weighted by molar-refractivity contribution is -0.117. The molecule has 1 atom stereocenters. The van der Waals surface area contributed by atoms with Crippen LogP contribution in [0.4, 0.5) is 8.78 Å². The molecule has 20 heavy (non-hydrogen) atoms. The summed E-state index contributed by atoms with van der Waals surface area (Å²) in [6.07, 6.45) is 0.762. The monoisotopic (exact) mass is 290 g/mol. The van der Waals surface area contributed by atoms with Crippen molar-refractivity contribution in [2.45, 2.75) is 23.0 Å². The van der Waals surface area contributed by atoms with Crippen LogP contribution in [0.2, 0.25) is 0 Å². The Morgan fingerprint density at radius 1 is 1.15 bits per heavy atom. The highest BCUT2D eigenvalue weighted by Crippen LogP contribution is 2.37. The van der Waals surface area contributed by atoms with E-state index in [1.54, 1.807) is 0 Å². The van der Waals surface area contributed by atoms with Crippen LogP contribution >= 0.6 is 11.8 Å². The van der Waals surface area contributed by atoms with Crippen LogP contribution in [0, 0.1) is 11.6 Å². The predicted octanol–water partition coefficient (Wildman–Crippen LogP) is 3.79. The quantitative estimate of drug-likeness (QED) is 0.855. The average Bonchev–Trinajstić information content (AvgIpc) is 2.81. The van der Waals surface area contributed by atoms with Crippen LogP contribution in [0.5, 0.6) is 0 Å². The number of fused-ring (bicyclic) bond motifs is 1. The molecule has 0 N–H and O–H groups in total. The van der Waals surface area contributed by atoms with E-state index >= 15 is 0 Å². The molecule has 0 aromatic heterocycles. The number of benzene rings is 2. The van der Waals surface area contributed by atoms with Gasteiger partial charge in [-0.15, -0.1) is 11.8 Å². The van der Waals surface area contributed by atoms with Crippen LogP contribution in [0.1, 0.15) is 11.1 Å². The molecule has 102 valence electrons. The Morgan fingerprint density at radius 2 is 1.85 bits per heavy atom. The Labute approximate surface area is 120 Å². The van der Waals surface area contributed by atoms with Gasteiger partial charge in [0.15, 0.2) is 5.78 Å². The molecule has 0 aliphatic carbocycles. The number of halogens is 2. The molecule has 2 aromatic carbocycles. The summed E-state index contributed by atoms with van der Waals surface area (Å²) < 4.78 is 26.2. The maximum absolute atomic E-state index is 13.1. The van der Waals surface area contributed by atoms with Crippen LogP contribution in [0.15, 0.2) is 47.4 Å². The van der Waals surface area contributed by atoms with Gasteiger partial charge < -0.3 is 0 Å². The van der Waals surface area contributed by atoms with Crippen molar-refractivity contribution < 1.29 is 13.6 Å². The highest BCUT2D eigenvalue weighted by atomic mass is 32.2. The minimum absolute atomic E-state index is 0.0104. The molecule has 1 aliphatic rings. The summed E-state index contributed by atoms with van der Waals surface area (Å²) in [7, 11) is 0. The van der Waals surface area contributed by atoms with Gasteiger partial charge in [-0.25, -0.2) is 8.78 Å². The zero-order valence-electron chi connectivity index (χ0n) is 10.6. The first-order valence-electron chi connectivity index (χ1n) is 6.34. The summed E-state index contributed by atoms with van der Waals surface area (Å²) in [5.74, 6) is -1.28. The summed E-state index contributed by atoms with van der Waals surface area (Å²) in [4.78, 5) is 13.4. The fourth-order valence-electron chi connectivity index (χ4n) is 2.39. The smallest absolute Gasteiger partial charge is 0.150 e. The molecule has 3 rings (SSSR count). The summed E-state index contributed by atoms with van der Waals surface area (Å²) >= 11 is 1.53. The molecule has 0 radical (unpaired) electrons. The second-order valence-electron chi connectivity index (χ2n) is 4.84. The number of hydrogen-bond acceptors (Lipinski definition) is 2. The van der Waals surface area contributed by atoms with Crippen LogP contribution < -0.4 is 0 Å². The van der Waals surface area contributed by atoms with Gasteiger partial charge in [0.2, 0.25) is 0 Å². The fourth-order valence-corrected chi connectivity index (χ4v) is 3.63. The van der Waals surface area contributed by atoms with E-state index in [0.717, 1.165) is 11.0 Å². The summed E-state index contributed by atoms with van der Waals surface area (Å²) in [5, 5.41) is -0.154. The number of ketones is 1. The van der Waals surface area contributed by atoms with Gasteiger partial charge in [-0.2, -0.15) is 0 Å². The molecule has 0 saturated heterocycles. The third-order valence-corrected chi connectivity index (χ3v) is 4.67. The molecule has 0 bridgehead atoms. The number of rotatable bonds is 3. The number of Topliss-reactive ketones (excluding diaryl/α,β-unsaturated/α-hetero) is 1. The molecular formula is C16H12F2OS. The predicted molar refractivity (Wildman–Crippen MR) is 74.9 cm³/mol. The number of carbonyl (C=O) groups excluding carboxylic acids is 1. The van der Waals surface area contributed by atoms with Gasteiger partial charge >= 0.3 is 0 Å². The number of thioether (sulfide) groups is 1. The van der Waals surface area contributed by atoms with Gasteiger partial charge in [0.05, 0.1) is 5.25 Å². The molecule has 1 heterocycles. The van der Waals surface area contributed by atoms with Crippen LogP contribution in [-0.2, 0) is 17.6 Å². The first-order chi connectivity index (χ1) is 9.61. The van der Waals surface area contributed by atoms with Crippen molar-refractivity contribution in [3.63, 3.8) is 0 Å². The van der Waals surface area contributed by atoms with E-state index in [0.29, 0.717) is 12.0 Å². The largest absolute Gasteiger partial charge is 0.298 e. The van der Waals surface area contributed by atoms with Crippen LogP contribution in [0.3, 0.4) is 0 Å². The van der Waals surface area contributed by atoms with Crippen molar-refractivity contribution in [1.82, 2.24) is 0 Å². The molecule has 0 saturated carbocycles. The second-order valence-corrected chi connectivity index (χ2v) is 6.08. The van der Waals surface area contributed by atoms with Crippen molar-refractivity contribution in [3.05, 3.63) is 65.2 Å². The third-order valence-electron chi connectivity index (χ3n) is 3.31. The van der Waals surface area contributed by atoms with E-state index in [-0.39, 0.29) is 17.5 Å². The van der Waals surface area contributed by atoms with Crippen molar-refractivity contribution in [2.24, 2.45) is 0 Å². The lowest BCUT2D eigenvalue weighted by atomic mass is 10.0. The van der Waals surface area contributed by atoms with Gasteiger partial charge in [0.25, 0.3) is 0 Å². The minimum Gasteiger partial charge on any atom is -0.298 e. The first-order valence-corrected chi connectivity index (χ1v) is 7.22. The first kappa shape index (κ1) is 13.3. The van der Waals surface area contributed by atoms with Crippen molar-refractivity contribution in [1.29, 1.82) is 0 Å². The van der Waals surface area contributed by atoms with Crippen molar-refractivity contribution in [2.75, 3.05) is 0 Å². The SMILES string of the molecule is O=C(Cc1cc(F)cc(F)c1)C1Cc2ccccc2S1. The van der Waals surface area contributed by atoms with Gasteiger partial charge in [0, 0.05) is 17.4 Å². The molecule has 4 heteroatoms. The van der Waals surface area contributed by atoms with E-state index < -0.39 is 11.6 Å². The highest BCUT2D eigenvalue weighted by Gasteiger charge is 2.27. The number of carbonyl (C=O) groups is 1. The highest BCUT2D eigenvalue weighted by molar-refractivity contribution is 8.01. The van der Waals surface area contributed by atoms with Crippen LogP contribution in [0.25, 0.3) is 0 Å². The normalized spacial score (nSPS) is 17.0. The van der Waals surface area contributed by atoms with Gasteiger partial charge in [-0.05, 0) is 35.7 Å². The third kappa shape index (κ3) is 2.75. The lowest BCUT2D eigenvalue weighted by Crippen LogP contribution is -2.18. The van der Waals surface area contributed by atoms with E-state index in [4.69, 9.17) is 0 Å². The maximum atomic E-state index is 13.1. The molecule has 1 nitrogen and oxygen atoms in total. The Hall–Kier alpha value is -1.68. The van der Waals surface area contributed by atoms with E-state index in [1.807, 2.05) is 24.3 Å². The second kappa shape index (κ2) is 5.37. The van der Waals surface area contributed by atoms with Gasteiger partial charge in [-0.1, -0.05) is 18.2 Å². The Morgan fingerprint density at radius 3 is 2.55 bits per heavy atom. The van der Waals surface area contributed by atoms with Crippen molar-refractivity contribution >= 4 is 17.5 Å². The topological polar surface area (TPSA) is 17.1 Å². The van der Waals surface area contributed by atoms with Crippen molar-refractivity contribution in [3.8, 4) is 0 Å². The lowest BCUT2D eigenvalue weighted by Gasteiger charge is -2.07. The Balaban J connectivity index is 1.72. The molecule has 0 fully saturated rings. The number of hydrogen-bond donors (Lipinski definition) is 0. The van der Waals surface area contributed by atoms with E-state index in [2.05, 4.69) is 0 Å². The van der Waals surface area contributed by atoms with Gasteiger partial charge in [-0.3, -0.25) is 4.79 Å². The summed E-state index contributed by atoms with van der Waals surface area (Å²) in [5.41, 5.74) is 1.56. The average molecular weight is 290 g/mol. The molecule has 2 aromatic rings. The van der Waals surface area contributed by atoms with Gasteiger partial charge in [0.1, 0.15) is 11.6 Å². The molecule has 0 amide bonds. The zero-order chi connectivity index (χ0) is 14.1. The standard InChI is InChI=1S/C16H12F2OS/c17-12-5-10(6-13(18)9-12)7-14(19)16-8-11-3-1-2-4-15(11)20-16/h1-6,9,16H,7-8H2. The zero-order valence-corrected chi connectivity index (χ0v) is 11.4. The fraction of sp³-hybridized carbons (Fsp3) is 0.188. The summed E-state index contributed by atoms with van der Waals surface area (Å²) in [6, 6.07) is 11.1. The summed E-state index contributed by atoms with van der Waals surface area (Å²) in [6.45, 7) is 0. The van der Waals surface area contributed by atoms with Crippen LogP contribution in [-0.4, -0.2) is 11.0 Å². The molecule has 0 spiro atoms.